The molecule has 0 bridgehead atoms. The number of piperidine rings is 1. The maximum Gasteiger partial charge on any atom is 0.281 e. The summed E-state index contributed by atoms with van der Waals surface area (Å²) in [6.07, 6.45) is 6.55. The van der Waals surface area contributed by atoms with Crippen molar-refractivity contribution in [1.29, 1.82) is 0 Å². The van der Waals surface area contributed by atoms with Crippen LogP contribution in [0.2, 0.25) is 5.02 Å². The number of anilines is 2. The van der Waals surface area contributed by atoms with Gasteiger partial charge in [-0.15, -0.1) is 10.6 Å². The third kappa shape index (κ3) is 4.73. The maximum atomic E-state index is 14.7. The lowest BCUT2D eigenvalue weighted by Crippen LogP contribution is -2.44. The Morgan fingerprint density at radius 1 is 1.19 bits per heavy atom. The number of nitrogens with one attached hydrogen (secondary N) is 2. The summed E-state index contributed by atoms with van der Waals surface area (Å²) in [5, 5.41) is 10.1. The molecule has 2 aliphatic heterocycles. The van der Waals surface area contributed by atoms with E-state index in [0.717, 1.165) is 11.1 Å². The average Bonchev–Trinajstić information content (AvgIpc) is 3.56. The van der Waals surface area contributed by atoms with Gasteiger partial charge in [0.25, 0.3) is 10.2 Å². The van der Waals surface area contributed by atoms with Crippen molar-refractivity contribution in [3.8, 4) is 11.1 Å². The predicted octanol–water partition coefficient (Wildman–Crippen LogP) is 1.95. The lowest BCUT2D eigenvalue weighted by atomic mass is 10.1. The molecule has 0 radical (unpaired) electrons. The first-order valence-corrected chi connectivity index (χ1v) is 13.2. The van der Waals surface area contributed by atoms with Gasteiger partial charge >= 0.3 is 0 Å². The van der Waals surface area contributed by atoms with Crippen LogP contribution in [0.15, 0.2) is 48.0 Å². The van der Waals surface area contributed by atoms with Gasteiger partial charge in [-0.2, -0.15) is 22.1 Å². The summed E-state index contributed by atoms with van der Waals surface area (Å²) in [5.41, 5.74) is 13.8. The van der Waals surface area contributed by atoms with E-state index in [4.69, 9.17) is 17.3 Å². The fraction of sp³-hybridized carbons (Fsp3) is 0.318. The van der Waals surface area contributed by atoms with Crippen LogP contribution < -0.4 is 21.8 Å². The SMILES string of the molecule is CN(C)S(=O)(=O)N1CCC(n2cc(-c3cnc(N)c(C4=NNNN4c4cccc(Cl)c4F)c3)cn2)CC1. The van der Waals surface area contributed by atoms with E-state index in [2.05, 4.69) is 26.3 Å². The second-order valence-electron chi connectivity index (χ2n) is 8.85. The van der Waals surface area contributed by atoms with E-state index in [9.17, 15) is 12.8 Å². The molecule has 0 spiro atoms. The van der Waals surface area contributed by atoms with Crippen LogP contribution in [0.3, 0.4) is 0 Å². The number of halogens is 2. The molecule has 15 heteroatoms. The van der Waals surface area contributed by atoms with Crippen molar-refractivity contribution in [2.45, 2.75) is 18.9 Å². The number of hydrogen-bond donors (Lipinski definition) is 3. The fourth-order valence-electron chi connectivity index (χ4n) is 4.32. The van der Waals surface area contributed by atoms with Gasteiger partial charge in [0.15, 0.2) is 11.7 Å². The molecule has 5 rings (SSSR count). The van der Waals surface area contributed by atoms with Crippen LogP contribution in [0, 0.1) is 5.82 Å². The summed E-state index contributed by atoms with van der Waals surface area (Å²) in [7, 11) is -0.366. The molecule has 1 fully saturated rings. The van der Waals surface area contributed by atoms with E-state index >= 15 is 0 Å². The number of hydrazine groups is 2. The number of nitrogens with two attached hydrogens (primary N) is 1. The number of amidine groups is 1. The average molecular weight is 549 g/mol. The zero-order chi connectivity index (χ0) is 26.3. The molecule has 37 heavy (non-hydrogen) atoms. The van der Waals surface area contributed by atoms with Crippen molar-refractivity contribution < 1.29 is 12.8 Å². The molecule has 0 aliphatic carbocycles. The maximum absolute atomic E-state index is 14.7. The first kappa shape index (κ1) is 25.4. The molecule has 1 saturated heterocycles. The van der Waals surface area contributed by atoms with Crippen LogP contribution in [0.25, 0.3) is 11.1 Å². The van der Waals surface area contributed by atoms with E-state index in [1.807, 2.05) is 10.9 Å². The van der Waals surface area contributed by atoms with Crippen molar-refractivity contribution in [3.05, 3.63) is 59.3 Å². The first-order chi connectivity index (χ1) is 17.7. The molecule has 2 aromatic heterocycles. The molecule has 4 N–H and O–H groups in total. The Bertz CT molecular complexity index is 1450. The number of nitrogen functional groups attached to an aromatic ring is 1. The van der Waals surface area contributed by atoms with Gasteiger partial charge in [0.05, 0.1) is 28.5 Å². The summed E-state index contributed by atoms with van der Waals surface area (Å²) in [6.45, 7) is 0.841. The van der Waals surface area contributed by atoms with E-state index in [1.165, 1.54) is 33.8 Å². The third-order valence-corrected chi connectivity index (χ3v) is 8.62. The van der Waals surface area contributed by atoms with Gasteiger partial charge in [-0.25, -0.2) is 19.9 Å². The molecule has 0 amide bonds. The molecule has 0 unspecified atom stereocenters. The molecule has 3 aromatic rings. The highest BCUT2D eigenvalue weighted by Crippen LogP contribution is 2.30. The number of nitrogens with zero attached hydrogens (tertiary/aromatic N) is 7. The topological polar surface area (TPSA) is 137 Å². The number of hydrogen-bond acceptors (Lipinski definition) is 9. The first-order valence-electron chi connectivity index (χ1n) is 11.5. The largest absolute Gasteiger partial charge is 0.383 e. The van der Waals surface area contributed by atoms with E-state index < -0.39 is 16.0 Å². The van der Waals surface area contributed by atoms with Crippen LogP contribution in [0.4, 0.5) is 15.9 Å². The van der Waals surface area contributed by atoms with Gasteiger partial charge in [-0.1, -0.05) is 17.7 Å². The molecular formula is C22H26ClFN10O2S. The van der Waals surface area contributed by atoms with Crippen molar-refractivity contribution in [2.75, 3.05) is 37.9 Å². The molecule has 4 heterocycles. The molecular weight excluding hydrogens is 523 g/mol. The van der Waals surface area contributed by atoms with E-state index in [-0.39, 0.29) is 22.6 Å². The minimum absolute atomic E-state index is 0.0250. The Morgan fingerprint density at radius 3 is 2.68 bits per heavy atom. The van der Waals surface area contributed by atoms with Crippen molar-refractivity contribution >= 4 is 39.2 Å². The van der Waals surface area contributed by atoms with Gasteiger partial charge < -0.3 is 5.73 Å². The predicted molar refractivity (Wildman–Crippen MR) is 139 cm³/mol. The Hall–Kier alpha value is -3.30. The smallest absolute Gasteiger partial charge is 0.281 e. The van der Waals surface area contributed by atoms with Gasteiger partial charge in [0, 0.05) is 50.7 Å². The van der Waals surface area contributed by atoms with Gasteiger partial charge in [0.1, 0.15) is 5.82 Å². The van der Waals surface area contributed by atoms with Gasteiger partial charge in [-0.3, -0.25) is 4.68 Å². The standard InChI is InChI=1S/C22H26ClFN10O2S/c1-31(2)37(35,36)32-8-6-16(7-9-32)33-13-15(12-27-33)14-10-17(21(25)26-11-14)22-28-29-30-34(22)19-5-3-4-18(23)20(19)24/h3-5,10-13,16,29-30H,6-9H2,1-2H3,(H2,25,26). The lowest BCUT2D eigenvalue weighted by molar-refractivity contribution is 0.252. The number of hydrazone groups is 1. The number of rotatable bonds is 6. The van der Waals surface area contributed by atoms with E-state index in [0.29, 0.717) is 37.3 Å². The Morgan fingerprint density at radius 2 is 1.95 bits per heavy atom. The summed E-state index contributed by atoms with van der Waals surface area (Å²) in [5.74, 6) is -0.0846. The van der Waals surface area contributed by atoms with Crippen LogP contribution in [0.5, 0.6) is 0 Å². The molecule has 196 valence electrons. The van der Waals surface area contributed by atoms with Crippen LogP contribution >= 0.6 is 11.6 Å². The molecule has 12 nitrogen and oxygen atoms in total. The lowest BCUT2D eigenvalue weighted by Gasteiger charge is -2.32. The van der Waals surface area contributed by atoms with Crippen molar-refractivity contribution in [3.63, 3.8) is 0 Å². The summed E-state index contributed by atoms with van der Waals surface area (Å²) < 4.78 is 44.1. The quantitative estimate of drug-likeness (QED) is 0.425. The zero-order valence-electron chi connectivity index (χ0n) is 20.1. The van der Waals surface area contributed by atoms with Crippen molar-refractivity contribution in [2.24, 2.45) is 5.10 Å². The zero-order valence-corrected chi connectivity index (χ0v) is 21.7. The van der Waals surface area contributed by atoms with Crippen LogP contribution in [-0.4, -0.2) is 64.8 Å². The van der Waals surface area contributed by atoms with E-state index in [1.54, 1.807) is 30.6 Å². The summed E-state index contributed by atoms with van der Waals surface area (Å²) in [6, 6.07) is 6.52. The Kier molecular flexibility index (Phi) is 6.76. The summed E-state index contributed by atoms with van der Waals surface area (Å²) >= 11 is 5.96. The van der Waals surface area contributed by atoms with Gasteiger partial charge in [0.2, 0.25) is 0 Å². The minimum Gasteiger partial charge on any atom is -0.383 e. The Labute approximate surface area is 218 Å². The molecule has 0 saturated carbocycles. The van der Waals surface area contributed by atoms with Crippen LogP contribution in [-0.2, 0) is 10.2 Å². The number of pyridine rings is 1. The highest BCUT2D eigenvalue weighted by molar-refractivity contribution is 7.86. The number of benzene rings is 1. The molecule has 1 aromatic carbocycles. The minimum atomic E-state index is -3.43. The fourth-order valence-corrected chi connectivity index (χ4v) is 5.62. The second kappa shape index (κ2) is 9.87. The van der Waals surface area contributed by atoms with Crippen LogP contribution in [0.1, 0.15) is 24.4 Å². The number of aromatic nitrogens is 3. The molecule has 2 aliphatic rings. The molecule has 0 atom stereocenters. The second-order valence-corrected chi connectivity index (χ2v) is 11.4. The highest BCUT2D eigenvalue weighted by Gasteiger charge is 2.31. The summed E-state index contributed by atoms with van der Waals surface area (Å²) in [4.78, 5) is 4.32. The monoisotopic (exact) mass is 548 g/mol. The normalized spacial score (nSPS) is 17.3. The van der Waals surface area contributed by atoms with Gasteiger partial charge in [-0.05, 0) is 31.0 Å². The Balaban J connectivity index is 1.37. The third-order valence-electron chi connectivity index (χ3n) is 6.39. The van der Waals surface area contributed by atoms with Crippen molar-refractivity contribution in [1.82, 2.24) is 34.4 Å². The highest BCUT2D eigenvalue weighted by atomic mass is 35.5.